The Morgan fingerprint density at radius 2 is 1.68 bits per heavy atom. The molecule has 0 aromatic heterocycles. The second-order valence-corrected chi connectivity index (χ2v) is 8.66. The van der Waals surface area contributed by atoms with Crippen molar-refractivity contribution in [2.45, 2.75) is 32.2 Å². The molecule has 0 bridgehead atoms. The number of amides is 1. The lowest BCUT2D eigenvalue weighted by molar-refractivity contribution is -0.124. The number of nitrogens with zero attached hydrogens (tertiary/aromatic N) is 1. The molecule has 2 aromatic rings. The number of para-hydroxylation sites is 1. The van der Waals surface area contributed by atoms with E-state index in [1.165, 1.54) is 0 Å². The maximum atomic E-state index is 13.1. The van der Waals surface area contributed by atoms with Gasteiger partial charge in [0.15, 0.2) is 0 Å². The lowest BCUT2D eigenvalue weighted by Crippen LogP contribution is -2.49. The molecule has 172 valence electrons. The van der Waals surface area contributed by atoms with Crippen LogP contribution in [0.3, 0.4) is 0 Å². The highest BCUT2D eigenvalue weighted by Gasteiger charge is 2.27. The quantitative estimate of drug-likeness (QED) is 0.670. The van der Waals surface area contributed by atoms with Crippen LogP contribution in [0.1, 0.15) is 32.3 Å². The van der Waals surface area contributed by atoms with E-state index in [-0.39, 0.29) is 42.2 Å². The lowest BCUT2D eigenvalue weighted by Gasteiger charge is -2.32. The Hall–Kier alpha value is -1.79. The molecule has 0 spiro atoms. The number of benzene rings is 2. The van der Waals surface area contributed by atoms with Crippen LogP contribution in [0.5, 0.6) is 5.75 Å². The van der Waals surface area contributed by atoms with Crippen molar-refractivity contribution < 1.29 is 9.53 Å². The van der Waals surface area contributed by atoms with Gasteiger partial charge in [-0.25, -0.2) is 0 Å². The van der Waals surface area contributed by atoms with Gasteiger partial charge in [0.05, 0.1) is 13.0 Å². The molecule has 1 saturated heterocycles. The predicted molar refractivity (Wildman–Crippen MR) is 133 cm³/mol. The van der Waals surface area contributed by atoms with E-state index in [1.807, 2.05) is 39.0 Å². The first-order valence-corrected chi connectivity index (χ1v) is 10.4. The summed E-state index contributed by atoms with van der Waals surface area (Å²) in [5.41, 5.74) is 2.93. The monoisotopic (exact) mass is 467 g/mol. The average Bonchev–Trinajstić information content (AvgIpc) is 2.71. The number of carbonyl (C=O) groups is 1. The minimum Gasteiger partial charge on any atom is -0.496 e. The van der Waals surface area contributed by atoms with Crippen LogP contribution in [0, 0.1) is 0 Å². The first-order valence-electron chi connectivity index (χ1n) is 10.4. The molecule has 2 aromatic carbocycles. The normalized spacial score (nSPS) is 15.2. The summed E-state index contributed by atoms with van der Waals surface area (Å²) in [4.78, 5) is 15.5. The largest absolute Gasteiger partial charge is 0.496 e. The van der Waals surface area contributed by atoms with Gasteiger partial charge in [-0.2, -0.15) is 0 Å². The Balaban J connectivity index is 0.00000240. The number of hydrogen-bond donors (Lipinski definition) is 2. The van der Waals surface area contributed by atoms with Crippen LogP contribution in [0.2, 0.25) is 0 Å². The fraction of sp³-hybridized carbons (Fsp3) is 0.458. The zero-order chi connectivity index (χ0) is 20.9. The van der Waals surface area contributed by atoms with Crippen molar-refractivity contribution in [3.05, 3.63) is 54.1 Å². The molecule has 0 radical (unpaired) electrons. The average molecular weight is 468 g/mol. The third kappa shape index (κ3) is 7.69. The van der Waals surface area contributed by atoms with Crippen molar-refractivity contribution in [1.29, 1.82) is 0 Å². The Morgan fingerprint density at radius 3 is 2.26 bits per heavy atom. The first kappa shape index (κ1) is 27.2. The van der Waals surface area contributed by atoms with Crippen LogP contribution in [0.4, 0.5) is 0 Å². The molecule has 31 heavy (non-hydrogen) atoms. The fourth-order valence-electron chi connectivity index (χ4n) is 3.73. The molecule has 1 aliphatic rings. The number of rotatable bonds is 6. The van der Waals surface area contributed by atoms with Gasteiger partial charge in [0.2, 0.25) is 5.91 Å². The molecule has 1 aliphatic heterocycles. The molecule has 5 nitrogen and oxygen atoms in total. The maximum Gasteiger partial charge on any atom is 0.229 e. The highest BCUT2D eigenvalue weighted by molar-refractivity contribution is 5.86. The maximum absolute atomic E-state index is 13.1. The molecule has 0 saturated carbocycles. The van der Waals surface area contributed by atoms with Gasteiger partial charge in [-0.15, -0.1) is 24.8 Å². The second kappa shape index (κ2) is 12.3. The molecular formula is C24H35Cl2N3O2. The minimum atomic E-state index is -0.254. The molecule has 2 N–H and O–H groups in total. The summed E-state index contributed by atoms with van der Waals surface area (Å²) in [6.07, 6.45) is 0. The number of methoxy groups -OCH3 is 1. The van der Waals surface area contributed by atoms with Crippen LogP contribution in [-0.2, 0) is 4.79 Å². The lowest BCUT2D eigenvalue weighted by atomic mass is 9.93. The van der Waals surface area contributed by atoms with E-state index in [0.717, 1.165) is 55.2 Å². The Labute approximate surface area is 198 Å². The summed E-state index contributed by atoms with van der Waals surface area (Å²) < 4.78 is 5.49. The Morgan fingerprint density at radius 1 is 1.06 bits per heavy atom. The van der Waals surface area contributed by atoms with E-state index in [1.54, 1.807) is 7.11 Å². The standard InChI is InChI=1S/C24H33N3O2.2ClH/c1-24(2,3)26-23(28)21(17-27-15-13-25-14-16-27)19-11-9-18(10-12-19)20-7-5-6-8-22(20)29-4;;/h5-12,21,25H,13-17H2,1-4H3,(H,26,28);2*1H. The van der Waals surface area contributed by atoms with Gasteiger partial charge in [0, 0.05) is 43.8 Å². The van der Waals surface area contributed by atoms with Crippen molar-refractivity contribution in [3.8, 4) is 16.9 Å². The van der Waals surface area contributed by atoms with Gasteiger partial charge in [-0.1, -0.05) is 42.5 Å². The molecular weight excluding hydrogens is 433 g/mol. The SMILES string of the molecule is COc1ccccc1-c1ccc(C(CN2CCNCC2)C(=O)NC(C)(C)C)cc1.Cl.Cl. The van der Waals surface area contributed by atoms with Crippen LogP contribution in [-0.4, -0.2) is 56.2 Å². The molecule has 1 unspecified atom stereocenters. The smallest absolute Gasteiger partial charge is 0.229 e. The molecule has 1 amide bonds. The van der Waals surface area contributed by atoms with Gasteiger partial charge in [-0.3, -0.25) is 9.69 Å². The van der Waals surface area contributed by atoms with Crippen molar-refractivity contribution >= 4 is 30.7 Å². The number of nitrogens with one attached hydrogen (secondary N) is 2. The summed E-state index contributed by atoms with van der Waals surface area (Å²) in [5, 5.41) is 6.55. The summed E-state index contributed by atoms with van der Waals surface area (Å²) in [6.45, 7) is 10.7. The Kier molecular flexibility index (Phi) is 10.8. The van der Waals surface area contributed by atoms with Crippen molar-refractivity contribution in [3.63, 3.8) is 0 Å². The third-order valence-electron chi connectivity index (χ3n) is 5.20. The van der Waals surface area contributed by atoms with E-state index in [9.17, 15) is 4.79 Å². The zero-order valence-corrected chi connectivity index (χ0v) is 20.4. The van der Waals surface area contributed by atoms with Gasteiger partial charge in [-0.05, 0) is 38.0 Å². The summed E-state index contributed by atoms with van der Waals surface area (Å²) in [5.74, 6) is 0.739. The topological polar surface area (TPSA) is 53.6 Å². The Bertz CT molecular complexity index is 816. The van der Waals surface area contributed by atoms with E-state index >= 15 is 0 Å². The fourth-order valence-corrected chi connectivity index (χ4v) is 3.73. The molecule has 3 rings (SSSR count). The molecule has 1 fully saturated rings. The number of hydrogen-bond acceptors (Lipinski definition) is 4. The minimum absolute atomic E-state index is 0. The molecule has 1 heterocycles. The molecule has 7 heteroatoms. The molecule has 1 atom stereocenters. The number of halogens is 2. The van der Waals surface area contributed by atoms with Gasteiger partial charge in [0.25, 0.3) is 0 Å². The number of piperazine rings is 1. The first-order chi connectivity index (χ1) is 13.9. The van der Waals surface area contributed by atoms with Gasteiger partial charge >= 0.3 is 0 Å². The van der Waals surface area contributed by atoms with Crippen molar-refractivity contribution in [2.24, 2.45) is 0 Å². The summed E-state index contributed by atoms with van der Waals surface area (Å²) >= 11 is 0. The third-order valence-corrected chi connectivity index (χ3v) is 5.20. The molecule has 0 aliphatic carbocycles. The second-order valence-electron chi connectivity index (χ2n) is 8.66. The van der Waals surface area contributed by atoms with Crippen molar-refractivity contribution in [2.75, 3.05) is 39.8 Å². The summed E-state index contributed by atoms with van der Waals surface area (Å²) in [7, 11) is 1.69. The number of carbonyl (C=O) groups excluding carboxylic acids is 1. The van der Waals surface area contributed by atoms with Crippen LogP contribution < -0.4 is 15.4 Å². The van der Waals surface area contributed by atoms with Crippen molar-refractivity contribution in [1.82, 2.24) is 15.5 Å². The van der Waals surface area contributed by atoms with Gasteiger partial charge in [0.1, 0.15) is 5.75 Å². The van der Waals surface area contributed by atoms with Crippen LogP contribution in [0.15, 0.2) is 48.5 Å². The highest BCUT2D eigenvalue weighted by atomic mass is 35.5. The van der Waals surface area contributed by atoms with E-state index < -0.39 is 0 Å². The summed E-state index contributed by atoms with van der Waals surface area (Å²) in [6, 6.07) is 16.3. The van der Waals surface area contributed by atoms with E-state index in [2.05, 4.69) is 45.9 Å². The predicted octanol–water partition coefficient (Wildman–Crippen LogP) is 4.11. The zero-order valence-electron chi connectivity index (χ0n) is 18.8. The van der Waals surface area contributed by atoms with E-state index in [4.69, 9.17) is 4.74 Å². The highest BCUT2D eigenvalue weighted by Crippen LogP contribution is 2.31. The van der Waals surface area contributed by atoms with Gasteiger partial charge < -0.3 is 15.4 Å². The number of ether oxygens (including phenoxy) is 1. The van der Waals surface area contributed by atoms with E-state index in [0.29, 0.717) is 0 Å². The van der Waals surface area contributed by atoms with Crippen LogP contribution in [0.25, 0.3) is 11.1 Å². The van der Waals surface area contributed by atoms with Crippen LogP contribution >= 0.6 is 24.8 Å².